The first-order chi connectivity index (χ1) is 7.41. The Hall–Kier alpha value is -0.210. The minimum Gasteiger partial charge on any atom is -0.378 e. The van der Waals surface area contributed by atoms with Crippen molar-refractivity contribution in [3.05, 3.63) is 0 Å². The SMILES string of the molecule is C[C@H]1CN(S(N)(=O)=O)C[C@]2(CCCOC2)O1. The molecule has 0 aliphatic carbocycles. The van der Waals surface area contributed by atoms with Gasteiger partial charge in [-0.15, -0.1) is 0 Å². The van der Waals surface area contributed by atoms with Gasteiger partial charge < -0.3 is 9.47 Å². The van der Waals surface area contributed by atoms with Gasteiger partial charge >= 0.3 is 0 Å². The van der Waals surface area contributed by atoms with Gasteiger partial charge in [-0.3, -0.25) is 0 Å². The van der Waals surface area contributed by atoms with E-state index in [-0.39, 0.29) is 6.10 Å². The summed E-state index contributed by atoms with van der Waals surface area (Å²) in [5.41, 5.74) is -0.498. The highest BCUT2D eigenvalue weighted by molar-refractivity contribution is 7.86. The molecular formula is C9H18N2O4S. The van der Waals surface area contributed by atoms with Gasteiger partial charge in [-0.25, -0.2) is 5.14 Å². The molecule has 2 heterocycles. The quantitative estimate of drug-likeness (QED) is 0.677. The van der Waals surface area contributed by atoms with Crippen molar-refractivity contribution in [3.63, 3.8) is 0 Å². The van der Waals surface area contributed by atoms with E-state index in [0.717, 1.165) is 19.4 Å². The van der Waals surface area contributed by atoms with E-state index in [1.54, 1.807) is 0 Å². The Kier molecular flexibility index (Phi) is 3.24. The lowest BCUT2D eigenvalue weighted by atomic mass is 9.94. The molecule has 0 radical (unpaired) electrons. The van der Waals surface area contributed by atoms with E-state index in [2.05, 4.69) is 0 Å². The molecule has 0 aromatic heterocycles. The van der Waals surface area contributed by atoms with E-state index < -0.39 is 15.8 Å². The van der Waals surface area contributed by atoms with Gasteiger partial charge in [0.15, 0.2) is 0 Å². The van der Waals surface area contributed by atoms with Crippen molar-refractivity contribution in [3.8, 4) is 0 Å². The monoisotopic (exact) mass is 250 g/mol. The van der Waals surface area contributed by atoms with Crippen LogP contribution in [-0.2, 0) is 19.7 Å². The minimum atomic E-state index is -3.64. The first-order valence-corrected chi connectivity index (χ1v) is 6.95. The highest BCUT2D eigenvalue weighted by Crippen LogP contribution is 2.30. The van der Waals surface area contributed by atoms with Gasteiger partial charge in [0, 0.05) is 19.7 Å². The van der Waals surface area contributed by atoms with Crippen molar-refractivity contribution < 1.29 is 17.9 Å². The smallest absolute Gasteiger partial charge is 0.277 e. The molecule has 0 amide bonds. The van der Waals surface area contributed by atoms with E-state index in [1.807, 2.05) is 6.92 Å². The van der Waals surface area contributed by atoms with Crippen LogP contribution in [0.3, 0.4) is 0 Å². The van der Waals surface area contributed by atoms with Crippen LogP contribution in [0.1, 0.15) is 19.8 Å². The summed E-state index contributed by atoms with van der Waals surface area (Å²) in [6.45, 7) is 3.64. The summed E-state index contributed by atoms with van der Waals surface area (Å²) in [7, 11) is -3.64. The van der Waals surface area contributed by atoms with Crippen LogP contribution in [0.2, 0.25) is 0 Å². The number of hydrogen-bond acceptors (Lipinski definition) is 4. The van der Waals surface area contributed by atoms with Crippen molar-refractivity contribution in [1.82, 2.24) is 4.31 Å². The highest BCUT2D eigenvalue weighted by atomic mass is 32.2. The molecule has 0 saturated carbocycles. The summed E-state index contributed by atoms with van der Waals surface area (Å²) in [5.74, 6) is 0. The second kappa shape index (κ2) is 4.23. The van der Waals surface area contributed by atoms with Gasteiger partial charge in [0.05, 0.1) is 12.7 Å². The minimum absolute atomic E-state index is 0.145. The standard InChI is InChI=1S/C9H18N2O4S/c1-8-5-11(16(10,12)13)6-9(15-8)3-2-4-14-7-9/h8H,2-7H2,1H3,(H2,10,12,13)/t8-,9-/m0/s1. The molecule has 2 aliphatic rings. The third-order valence-electron chi connectivity index (χ3n) is 3.02. The molecule has 2 rings (SSSR count). The number of rotatable bonds is 1. The summed E-state index contributed by atoms with van der Waals surface area (Å²) >= 11 is 0. The van der Waals surface area contributed by atoms with Gasteiger partial charge in [0.1, 0.15) is 5.60 Å². The molecule has 7 heteroatoms. The molecule has 0 bridgehead atoms. The van der Waals surface area contributed by atoms with Crippen LogP contribution in [-0.4, -0.2) is 50.7 Å². The van der Waals surface area contributed by atoms with Crippen molar-refractivity contribution in [2.24, 2.45) is 5.14 Å². The molecule has 94 valence electrons. The first-order valence-electron chi connectivity index (χ1n) is 5.45. The van der Waals surface area contributed by atoms with E-state index in [9.17, 15) is 8.42 Å². The van der Waals surface area contributed by atoms with Crippen LogP contribution < -0.4 is 5.14 Å². The van der Waals surface area contributed by atoms with Crippen molar-refractivity contribution in [2.45, 2.75) is 31.5 Å². The Labute approximate surface area is 95.9 Å². The second-order valence-electron chi connectivity index (χ2n) is 4.61. The Morgan fingerprint density at radius 1 is 1.50 bits per heavy atom. The van der Waals surface area contributed by atoms with Crippen molar-refractivity contribution >= 4 is 10.2 Å². The zero-order valence-corrected chi connectivity index (χ0v) is 10.2. The average Bonchev–Trinajstić information content (AvgIpc) is 2.16. The van der Waals surface area contributed by atoms with E-state index >= 15 is 0 Å². The molecule has 2 aliphatic heterocycles. The fourth-order valence-corrected chi connectivity index (χ4v) is 3.25. The lowest BCUT2D eigenvalue weighted by molar-refractivity contribution is -0.183. The predicted molar refractivity (Wildman–Crippen MR) is 58.0 cm³/mol. The molecule has 2 fully saturated rings. The highest BCUT2D eigenvalue weighted by Gasteiger charge is 2.43. The second-order valence-corrected chi connectivity index (χ2v) is 6.15. The van der Waals surface area contributed by atoms with Crippen LogP contribution in [0, 0.1) is 0 Å². The Morgan fingerprint density at radius 2 is 2.25 bits per heavy atom. The van der Waals surface area contributed by atoms with Gasteiger partial charge in [0.2, 0.25) is 0 Å². The fraction of sp³-hybridized carbons (Fsp3) is 1.00. The maximum atomic E-state index is 11.4. The average molecular weight is 250 g/mol. The number of morpholine rings is 1. The van der Waals surface area contributed by atoms with Gasteiger partial charge in [0.25, 0.3) is 10.2 Å². The van der Waals surface area contributed by atoms with Crippen LogP contribution >= 0.6 is 0 Å². The zero-order valence-electron chi connectivity index (χ0n) is 9.39. The number of nitrogens with zero attached hydrogens (tertiary/aromatic N) is 1. The number of ether oxygens (including phenoxy) is 2. The van der Waals surface area contributed by atoms with E-state index in [1.165, 1.54) is 4.31 Å². The lowest BCUT2D eigenvalue weighted by Gasteiger charge is -2.46. The lowest BCUT2D eigenvalue weighted by Crippen LogP contribution is -2.60. The summed E-state index contributed by atoms with van der Waals surface area (Å²) < 4.78 is 35.3. The topological polar surface area (TPSA) is 81.9 Å². The molecule has 0 aromatic rings. The molecule has 2 N–H and O–H groups in total. The van der Waals surface area contributed by atoms with E-state index in [0.29, 0.717) is 19.7 Å². The Balaban J connectivity index is 2.16. The molecule has 6 nitrogen and oxygen atoms in total. The molecule has 1 spiro atoms. The summed E-state index contributed by atoms with van der Waals surface area (Å²) in [4.78, 5) is 0. The molecular weight excluding hydrogens is 232 g/mol. The molecule has 16 heavy (non-hydrogen) atoms. The molecule has 2 saturated heterocycles. The molecule has 0 unspecified atom stereocenters. The summed E-state index contributed by atoms with van der Waals surface area (Å²) in [6, 6.07) is 0. The predicted octanol–water partition coefficient (Wildman–Crippen LogP) is -0.540. The first kappa shape index (κ1) is 12.3. The van der Waals surface area contributed by atoms with Crippen LogP contribution in [0.4, 0.5) is 0 Å². The normalized spacial score (nSPS) is 37.8. The molecule has 0 aromatic carbocycles. The van der Waals surface area contributed by atoms with Crippen molar-refractivity contribution in [1.29, 1.82) is 0 Å². The zero-order chi connectivity index (χ0) is 11.8. The van der Waals surface area contributed by atoms with Gasteiger partial charge in [-0.1, -0.05) is 0 Å². The summed E-state index contributed by atoms with van der Waals surface area (Å²) in [5, 5.41) is 5.16. The third kappa shape index (κ3) is 2.54. The van der Waals surface area contributed by atoms with Gasteiger partial charge in [-0.2, -0.15) is 12.7 Å². The maximum absolute atomic E-state index is 11.4. The number of hydrogen-bond donors (Lipinski definition) is 1. The van der Waals surface area contributed by atoms with Crippen LogP contribution in [0.15, 0.2) is 0 Å². The maximum Gasteiger partial charge on any atom is 0.277 e. The Morgan fingerprint density at radius 3 is 2.81 bits per heavy atom. The van der Waals surface area contributed by atoms with Crippen LogP contribution in [0.25, 0.3) is 0 Å². The van der Waals surface area contributed by atoms with Crippen molar-refractivity contribution in [2.75, 3.05) is 26.3 Å². The fourth-order valence-electron chi connectivity index (χ4n) is 2.41. The number of nitrogens with two attached hydrogens (primary N) is 1. The largest absolute Gasteiger partial charge is 0.378 e. The summed E-state index contributed by atoms with van der Waals surface area (Å²) in [6.07, 6.45) is 1.57. The van der Waals surface area contributed by atoms with E-state index in [4.69, 9.17) is 14.6 Å². The van der Waals surface area contributed by atoms with Gasteiger partial charge in [-0.05, 0) is 19.8 Å². The van der Waals surface area contributed by atoms with Crippen LogP contribution in [0.5, 0.6) is 0 Å². The molecule has 2 atom stereocenters. The third-order valence-corrected chi connectivity index (χ3v) is 4.02. The Bertz CT molecular complexity index is 351.